The van der Waals surface area contributed by atoms with E-state index < -0.39 is 6.04 Å². The smallest absolute Gasteiger partial charge is 0.253 e. The fraction of sp³-hybridized carbons (Fsp3) is 0.200. The van der Waals surface area contributed by atoms with Crippen molar-refractivity contribution in [2.75, 3.05) is 0 Å². The molecule has 0 bridgehead atoms. The lowest BCUT2D eigenvalue weighted by Gasteiger charge is -2.07. The van der Waals surface area contributed by atoms with Gasteiger partial charge in [-0.05, 0) is 25.1 Å². The van der Waals surface area contributed by atoms with E-state index in [1.807, 2.05) is 6.07 Å². The Hall–Kier alpha value is -1.24. The third-order valence-corrected chi connectivity index (χ3v) is 2.26. The van der Waals surface area contributed by atoms with Crippen LogP contribution in [0.3, 0.4) is 0 Å². The zero-order valence-corrected chi connectivity index (χ0v) is 9.43. The quantitative estimate of drug-likeness (QED) is 0.867. The van der Waals surface area contributed by atoms with E-state index in [1.54, 1.807) is 13.0 Å². The third kappa shape index (κ3) is 3.12. The second kappa shape index (κ2) is 5.01. The van der Waals surface area contributed by atoms with Gasteiger partial charge in [-0.2, -0.15) is 5.26 Å². The maximum atomic E-state index is 11.6. The largest absolute Gasteiger partial charge is 0.336 e. The SMILES string of the molecule is CC(C#N)NC(=O)c1ccc(Cl)cc1Cl. The summed E-state index contributed by atoms with van der Waals surface area (Å²) in [7, 11) is 0. The van der Waals surface area contributed by atoms with Gasteiger partial charge in [-0.1, -0.05) is 23.2 Å². The van der Waals surface area contributed by atoms with Crippen molar-refractivity contribution in [3.8, 4) is 6.07 Å². The van der Waals surface area contributed by atoms with Crippen LogP contribution in [0, 0.1) is 11.3 Å². The Morgan fingerprint density at radius 2 is 2.20 bits per heavy atom. The first-order chi connectivity index (χ1) is 7.04. The molecule has 1 amide bonds. The van der Waals surface area contributed by atoms with E-state index in [0.717, 1.165) is 0 Å². The zero-order chi connectivity index (χ0) is 11.4. The predicted molar refractivity (Wildman–Crippen MR) is 59.0 cm³/mol. The summed E-state index contributed by atoms with van der Waals surface area (Å²) in [4.78, 5) is 11.6. The summed E-state index contributed by atoms with van der Waals surface area (Å²) in [6, 6.07) is 5.91. The molecule has 1 aromatic carbocycles. The minimum Gasteiger partial charge on any atom is -0.336 e. The van der Waals surface area contributed by atoms with Crippen LogP contribution in [0.15, 0.2) is 18.2 Å². The summed E-state index contributed by atoms with van der Waals surface area (Å²) >= 11 is 11.5. The highest BCUT2D eigenvalue weighted by molar-refractivity contribution is 6.36. The second-order valence-corrected chi connectivity index (χ2v) is 3.79. The van der Waals surface area contributed by atoms with Crippen molar-refractivity contribution in [3.63, 3.8) is 0 Å². The molecule has 1 rings (SSSR count). The van der Waals surface area contributed by atoms with E-state index in [-0.39, 0.29) is 10.9 Å². The van der Waals surface area contributed by atoms with Crippen LogP contribution in [0.4, 0.5) is 0 Å². The Morgan fingerprint density at radius 3 is 2.73 bits per heavy atom. The summed E-state index contributed by atoms with van der Waals surface area (Å²) in [5.74, 6) is -0.384. The number of halogens is 2. The number of amides is 1. The molecule has 0 spiro atoms. The Kier molecular flexibility index (Phi) is 3.96. The van der Waals surface area contributed by atoms with Gasteiger partial charge in [0.25, 0.3) is 5.91 Å². The standard InChI is InChI=1S/C10H8Cl2N2O/c1-6(5-13)14-10(15)8-3-2-7(11)4-9(8)12/h2-4,6H,1H3,(H,14,15). The topological polar surface area (TPSA) is 52.9 Å². The monoisotopic (exact) mass is 242 g/mol. The number of nitriles is 1. The molecule has 0 aliphatic heterocycles. The lowest BCUT2D eigenvalue weighted by molar-refractivity contribution is 0.0948. The molecule has 0 radical (unpaired) electrons. The van der Waals surface area contributed by atoms with Gasteiger partial charge in [0.05, 0.1) is 16.7 Å². The van der Waals surface area contributed by atoms with Crippen molar-refractivity contribution >= 4 is 29.1 Å². The van der Waals surface area contributed by atoms with Crippen molar-refractivity contribution in [3.05, 3.63) is 33.8 Å². The van der Waals surface area contributed by atoms with E-state index in [2.05, 4.69) is 5.32 Å². The van der Waals surface area contributed by atoms with Crippen molar-refractivity contribution in [2.24, 2.45) is 0 Å². The first-order valence-corrected chi connectivity index (χ1v) is 4.95. The van der Waals surface area contributed by atoms with Crippen LogP contribution in [-0.4, -0.2) is 11.9 Å². The van der Waals surface area contributed by atoms with E-state index >= 15 is 0 Å². The van der Waals surface area contributed by atoms with Gasteiger partial charge in [-0.15, -0.1) is 0 Å². The normalized spacial score (nSPS) is 11.6. The van der Waals surface area contributed by atoms with Gasteiger partial charge in [0.1, 0.15) is 6.04 Å². The molecule has 1 unspecified atom stereocenters. The van der Waals surface area contributed by atoms with Gasteiger partial charge in [-0.3, -0.25) is 4.79 Å². The van der Waals surface area contributed by atoms with Crippen molar-refractivity contribution in [1.82, 2.24) is 5.32 Å². The lowest BCUT2D eigenvalue weighted by Crippen LogP contribution is -2.31. The molecule has 1 atom stereocenters. The van der Waals surface area contributed by atoms with Crippen LogP contribution in [0.2, 0.25) is 10.0 Å². The molecule has 1 N–H and O–H groups in total. The number of carbonyl (C=O) groups is 1. The molecule has 0 heterocycles. The van der Waals surface area contributed by atoms with Gasteiger partial charge < -0.3 is 5.32 Å². The van der Waals surface area contributed by atoms with Crippen LogP contribution in [0.5, 0.6) is 0 Å². The van der Waals surface area contributed by atoms with Gasteiger partial charge in [0, 0.05) is 5.02 Å². The van der Waals surface area contributed by atoms with E-state index in [4.69, 9.17) is 28.5 Å². The third-order valence-electron chi connectivity index (χ3n) is 1.72. The maximum Gasteiger partial charge on any atom is 0.253 e. The summed E-state index contributed by atoms with van der Waals surface area (Å²) in [6.07, 6.45) is 0. The average molecular weight is 243 g/mol. The Morgan fingerprint density at radius 1 is 1.53 bits per heavy atom. The molecular weight excluding hydrogens is 235 g/mol. The van der Waals surface area contributed by atoms with Gasteiger partial charge >= 0.3 is 0 Å². The van der Waals surface area contributed by atoms with E-state index in [0.29, 0.717) is 10.6 Å². The molecule has 0 aliphatic carbocycles. The van der Waals surface area contributed by atoms with E-state index in [1.165, 1.54) is 12.1 Å². The highest BCUT2D eigenvalue weighted by atomic mass is 35.5. The van der Waals surface area contributed by atoms with Gasteiger partial charge in [-0.25, -0.2) is 0 Å². The number of hydrogen-bond donors (Lipinski definition) is 1. The maximum absolute atomic E-state index is 11.6. The highest BCUT2D eigenvalue weighted by Crippen LogP contribution is 2.20. The number of hydrogen-bond acceptors (Lipinski definition) is 2. The summed E-state index contributed by atoms with van der Waals surface area (Å²) in [6.45, 7) is 1.59. The molecule has 3 nitrogen and oxygen atoms in total. The zero-order valence-electron chi connectivity index (χ0n) is 7.92. The molecule has 78 valence electrons. The van der Waals surface area contributed by atoms with Crippen molar-refractivity contribution < 1.29 is 4.79 Å². The number of carbonyl (C=O) groups excluding carboxylic acids is 1. The van der Waals surface area contributed by atoms with Crippen LogP contribution in [0.25, 0.3) is 0 Å². The predicted octanol–water partition coefficient (Wildman–Crippen LogP) is 2.64. The Balaban J connectivity index is 2.88. The first kappa shape index (κ1) is 11.8. The molecule has 0 fully saturated rings. The fourth-order valence-electron chi connectivity index (χ4n) is 0.980. The number of nitrogens with zero attached hydrogens (tertiary/aromatic N) is 1. The fourth-order valence-corrected chi connectivity index (χ4v) is 1.47. The number of nitrogens with one attached hydrogen (secondary N) is 1. The molecule has 0 saturated heterocycles. The van der Waals surface area contributed by atoms with E-state index in [9.17, 15) is 4.79 Å². The second-order valence-electron chi connectivity index (χ2n) is 2.95. The average Bonchev–Trinajstić information content (AvgIpc) is 2.17. The molecular formula is C10H8Cl2N2O. The minimum absolute atomic E-state index is 0.269. The highest BCUT2D eigenvalue weighted by Gasteiger charge is 2.12. The Bertz CT molecular complexity index is 426. The Labute approximate surface area is 97.6 Å². The van der Waals surface area contributed by atoms with Crippen LogP contribution in [-0.2, 0) is 0 Å². The summed E-state index contributed by atoms with van der Waals surface area (Å²) in [5.41, 5.74) is 0.308. The van der Waals surface area contributed by atoms with Crippen LogP contribution >= 0.6 is 23.2 Å². The molecule has 0 aliphatic rings. The molecule has 0 saturated carbocycles. The van der Waals surface area contributed by atoms with Crippen molar-refractivity contribution in [2.45, 2.75) is 13.0 Å². The molecule has 1 aromatic rings. The summed E-state index contributed by atoms with van der Waals surface area (Å²) in [5, 5.41) is 11.7. The molecule has 0 aromatic heterocycles. The van der Waals surface area contributed by atoms with Crippen LogP contribution in [0.1, 0.15) is 17.3 Å². The van der Waals surface area contributed by atoms with Crippen LogP contribution < -0.4 is 5.32 Å². The van der Waals surface area contributed by atoms with Gasteiger partial charge in [0.15, 0.2) is 0 Å². The number of rotatable bonds is 2. The van der Waals surface area contributed by atoms with Crippen molar-refractivity contribution in [1.29, 1.82) is 5.26 Å². The molecule has 15 heavy (non-hydrogen) atoms. The van der Waals surface area contributed by atoms with Gasteiger partial charge in [0.2, 0.25) is 0 Å². The lowest BCUT2D eigenvalue weighted by atomic mass is 10.2. The summed E-state index contributed by atoms with van der Waals surface area (Å²) < 4.78 is 0. The number of benzene rings is 1. The first-order valence-electron chi connectivity index (χ1n) is 4.20. The molecule has 5 heteroatoms. The minimum atomic E-state index is -0.552.